The summed E-state index contributed by atoms with van der Waals surface area (Å²) in [7, 11) is -2.12. The molecule has 0 atom stereocenters. The zero-order chi connectivity index (χ0) is 18.0. The Balaban J connectivity index is 1.83. The van der Waals surface area contributed by atoms with Gasteiger partial charge in [-0.3, -0.25) is 10.1 Å². The van der Waals surface area contributed by atoms with Gasteiger partial charge in [-0.1, -0.05) is 12.1 Å². The minimum atomic E-state index is -3.48. The van der Waals surface area contributed by atoms with Crippen LogP contribution >= 0.6 is 0 Å². The van der Waals surface area contributed by atoms with Crippen molar-refractivity contribution in [1.29, 1.82) is 0 Å². The highest BCUT2D eigenvalue weighted by Crippen LogP contribution is 2.37. The van der Waals surface area contributed by atoms with E-state index >= 15 is 0 Å². The fourth-order valence-corrected chi connectivity index (χ4v) is 3.56. The van der Waals surface area contributed by atoms with E-state index in [0.29, 0.717) is 12.2 Å². The lowest BCUT2D eigenvalue weighted by Gasteiger charge is -2.12. The van der Waals surface area contributed by atoms with Gasteiger partial charge in [0.2, 0.25) is 10.0 Å². The van der Waals surface area contributed by atoms with E-state index in [1.165, 1.54) is 25.2 Å². The molecule has 0 bridgehead atoms. The van der Waals surface area contributed by atoms with Gasteiger partial charge in [0.1, 0.15) is 5.69 Å². The Hall–Kier alpha value is -2.65. The molecule has 1 aliphatic heterocycles. The highest BCUT2D eigenvalue weighted by Gasteiger charge is 2.23. The Kier molecular flexibility index (Phi) is 4.60. The Morgan fingerprint density at radius 1 is 1.20 bits per heavy atom. The standard InChI is InChI=1S/C16H18N4O4S/c1-17-25(23,24)12-4-2-11(3-5-12)10-19-16-13-8-9-18-14(13)6-7-15(16)20(21)22/h2-7,17-19H,8-10H2,1H3. The molecular formula is C16H18N4O4S. The molecule has 0 saturated carbocycles. The largest absolute Gasteiger partial charge is 0.384 e. The van der Waals surface area contributed by atoms with Crippen LogP contribution in [-0.4, -0.2) is 26.9 Å². The molecule has 0 aliphatic carbocycles. The molecular weight excluding hydrogens is 344 g/mol. The third-order valence-corrected chi connectivity index (χ3v) is 5.58. The van der Waals surface area contributed by atoms with Crippen LogP contribution in [0.5, 0.6) is 0 Å². The maximum absolute atomic E-state index is 11.7. The lowest BCUT2D eigenvalue weighted by atomic mass is 10.1. The number of nitrogens with one attached hydrogen (secondary N) is 3. The van der Waals surface area contributed by atoms with Crippen molar-refractivity contribution in [1.82, 2.24) is 4.72 Å². The van der Waals surface area contributed by atoms with Gasteiger partial charge in [-0.25, -0.2) is 13.1 Å². The predicted octanol–water partition coefficient (Wildman–Crippen LogP) is 2.08. The first-order valence-electron chi connectivity index (χ1n) is 7.73. The van der Waals surface area contributed by atoms with Gasteiger partial charge in [0.25, 0.3) is 5.69 Å². The van der Waals surface area contributed by atoms with Gasteiger partial charge in [-0.2, -0.15) is 0 Å². The topological polar surface area (TPSA) is 113 Å². The summed E-state index contributed by atoms with van der Waals surface area (Å²) in [6.07, 6.45) is 0.721. The third-order valence-electron chi connectivity index (χ3n) is 4.15. The van der Waals surface area contributed by atoms with Crippen LogP contribution in [-0.2, 0) is 23.0 Å². The number of sulfonamides is 1. The number of nitro benzene ring substituents is 1. The van der Waals surface area contributed by atoms with Crippen LogP contribution < -0.4 is 15.4 Å². The molecule has 9 heteroatoms. The van der Waals surface area contributed by atoms with Gasteiger partial charge < -0.3 is 10.6 Å². The maximum atomic E-state index is 11.7. The summed E-state index contributed by atoms with van der Waals surface area (Å²) >= 11 is 0. The SMILES string of the molecule is CNS(=O)(=O)c1ccc(CNc2c([N+](=O)[O-])ccc3c2CCN3)cc1. The molecule has 132 valence electrons. The second-order valence-corrected chi connectivity index (χ2v) is 7.51. The van der Waals surface area contributed by atoms with Crippen LogP contribution in [0.15, 0.2) is 41.3 Å². The lowest BCUT2D eigenvalue weighted by Crippen LogP contribution is -2.18. The number of nitro groups is 1. The summed E-state index contributed by atoms with van der Waals surface area (Å²) in [4.78, 5) is 11.1. The number of rotatable bonds is 6. The van der Waals surface area contributed by atoms with Crippen LogP contribution in [0.4, 0.5) is 17.1 Å². The van der Waals surface area contributed by atoms with Crippen molar-refractivity contribution in [2.24, 2.45) is 0 Å². The van der Waals surface area contributed by atoms with Crippen molar-refractivity contribution in [2.45, 2.75) is 17.9 Å². The second-order valence-electron chi connectivity index (χ2n) is 5.62. The van der Waals surface area contributed by atoms with E-state index in [1.807, 2.05) is 0 Å². The Labute approximate surface area is 145 Å². The molecule has 25 heavy (non-hydrogen) atoms. The van der Waals surface area contributed by atoms with E-state index in [2.05, 4.69) is 15.4 Å². The molecule has 0 radical (unpaired) electrons. The van der Waals surface area contributed by atoms with Crippen LogP contribution in [0.2, 0.25) is 0 Å². The summed E-state index contributed by atoms with van der Waals surface area (Å²) in [5.41, 5.74) is 3.19. The van der Waals surface area contributed by atoms with Crippen molar-refractivity contribution < 1.29 is 13.3 Å². The average Bonchev–Trinajstić information content (AvgIpc) is 3.08. The molecule has 3 N–H and O–H groups in total. The molecule has 2 aromatic carbocycles. The van der Waals surface area contributed by atoms with E-state index in [9.17, 15) is 18.5 Å². The fourth-order valence-electron chi connectivity index (χ4n) is 2.83. The molecule has 0 fully saturated rings. The van der Waals surface area contributed by atoms with E-state index in [4.69, 9.17) is 0 Å². The smallest absolute Gasteiger partial charge is 0.292 e. The molecule has 0 unspecified atom stereocenters. The summed E-state index contributed by atoms with van der Waals surface area (Å²) in [5.74, 6) is 0. The van der Waals surface area contributed by atoms with Crippen molar-refractivity contribution in [3.05, 3.63) is 57.6 Å². The third kappa shape index (κ3) is 3.42. The Bertz CT molecular complexity index is 910. The van der Waals surface area contributed by atoms with Crippen molar-refractivity contribution in [3.8, 4) is 0 Å². The van der Waals surface area contributed by atoms with Crippen LogP contribution in [0.25, 0.3) is 0 Å². The Morgan fingerprint density at radius 2 is 1.92 bits per heavy atom. The number of hydrogen-bond donors (Lipinski definition) is 3. The summed E-state index contributed by atoms with van der Waals surface area (Å²) in [6, 6.07) is 9.60. The monoisotopic (exact) mass is 362 g/mol. The summed E-state index contributed by atoms with van der Waals surface area (Å²) < 4.78 is 25.7. The quantitative estimate of drug-likeness (QED) is 0.536. The van der Waals surface area contributed by atoms with Gasteiger partial charge in [0, 0.05) is 30.4 Å². The number of nitrogens with zero attached hydrogens (tertiary/aromatic N) is 1. The number of anilines is 2. The predicted molar refractivity (Wildman–Crippen MR) is 95.3 cm³/mol. The van der Waals surface area contributed by atoms with E-state index < -0.39 is 14.9 Å². The molecule has 1 aliphatic rings. The summed E-state index contributed by atoms with van der Waals surface area (Å²) in [5, 5.41) is 17.6. The van der Waals surface area contributed by atoms with Gasteiger partial charge in [0.15, 0.2) is 0 Å². The first-order valence-corrected chi connectivity index (χ1v) is 9.21. The maximum Gasteiger partial charge on any atom is 0.292 e. The van der Waals surface area contributed by atoms with Gasteiger partial charge >= 0.3 is 0 Å². The van der Waals surface area contributed by atoms with E-state index in [-0.39, 0.29) is 10.6 Å². The van der Waals surface area contributed by atoms with Crippen LogP contribution in [0, 0.1) is 10.1 Å². The van der Waals surface area contributed by atoms with Gasteiger partial charge in [0.05, 0.1) is 9.82 Å². The number of benzene rings is 2. The molecule has 1 heterocycles. The van der Waals surface area contributed by atoms with Gasteiger partial charge in [-0.05, 0) is 37.2 Å². The summed E-state index contributed by atoms with van der Waals surface area (Å²) in [6.45, 7) is 1.11. The van der Waals surface area contributed by atoms with Gasteiger partial charge in [-0.15, -0.1) is 0 Å². The second kappa shape index (κ2) is 6.69. The number of hydrogen-bond acceptors (Lipinski definition) is 6. The molecule has 0 spiro atoms. The van der Waals surface area contributed by atoms with Crippen LogP contribution in [0.1, 0.15) is 11.1 Å². The van der Waals surface area contributed by atoms with E-state index in [0.717, 1.165) is 29.8 Å². The van der Waals surface area contributed by atoms with E-state index in [1.54, 1.807) is 18.2 Å². The molecule has 0 amide bonds. The Morgan fingerprint density at radius 3 is 2.56 bits per heavy atom. The average molecular weight is 362 g/mol. The normalized spacial score (nSPS) is 13.2. The van der Waals surface area contributed by atoms with Crippen LogP contribution in [0.3, 0.4) is 0 Å². The first kappa shape index (κ1) is 17.2. The lowest BCUT2D eigenvalue weighted by molar-refractivity contribution is -0.384. The molecule has 0 saturated heterocycles. The highest BCUT2D eigenvalue weighted by atomic mass is 32.2. The number of fused-ring (bicyclic) bond motifs is 1. The zero-order valence-corrected chi connectivity index (χ0v) is 14.4. The minimum Gasteiger partial charge on any atom is -0.384 e. The first-order chi connectivity index (χ1) is 11.9. The molecule has 0 aromatic heterocycles. The molecule has 2 aromatic rings. The highest BCUT2D eigenvalue weighted by molar-refractivity contribution is 7.89. The fraction of sp³-hybridized carbons (Fsp3) is 0.250. The molecule has 8 nitrogen and oxygen atoms in total. The molecule has 3 rings (SSSR count). The van der Waals surface area contributed by atoms with Crippen molar-refractivity contribution >= 4 is 27.1 Å². The zero-order valence-electron chi connectivity index (χ0n) is 13.6. The minimum absolute atomic E-state index is 0.0387. The van der Waals surface area contributed by atoms with Crippen molar-refractivity contribution in [2.75, 3.05) is 24.2 Å². The van der Waals surface area contributed by atoms with Crippen molar-refractivity contribution in [3.63, 3.8) is 0 Å².